The van der Waals surface area contributed by atoms with Crippen molar-refractivity contribution in [1.29, 1.82) is 0 Å². The molecule has 36 heavy (non-hydrogen) atoms. The molecular weight excluding hydrogens is 467 g/mol. The van der Waals surface area contributed by atoms with Crippen LogP contribution in [-0.2, 0) is 4.79 Å². The van der Waals surface area contributed by atoms with Crippen LogP contribution < -0.4 is 25.7 Å². The third-order valence-corrected chi connectivity index (χ3v) is 6.19. The van der Waals surface area contributed by atoms with Crippen molar-refractivity contribution >= 4 is 28.2 Å². The summed E-state index contributed by atoms with van der Waals surface area (Å²) in [5.41, 5.74) is 1.05. The number of nitrogens with one attached hydrogen (secondary N) is 3. The van der Waals surface area contributed by atoms with E-state index in [1.807, 2.05) is 4.90 Å². The van der Waals surface area contributed by atoms with Crippen molar-refractivity contribution in [1.82, 2.24) is 15.2 Å². The fourth-order valence-corrected chi connectivity index (χ4v) is 4.33. The zero-order chi connectivity index (χ0) is 25.7. The maximum atomic E-state index is 14.5. The van der Waals surface area contributed by atoms with E-state index in [9.17, 15) is 19.1 Å². The second-order valence-electron chi connectivity index (χ2n) is 8.75. The third-order valence-electron chi connectivity index (χ3n) is 6.19. The molecule has 1 saturated heterocycles. The summed E-state index contributed by atoms with van der Waals surface area (Å²) in [4.78, 5) is 29.5. The summed E-state index contributed by atoms with van der Waals surface area (Å²) in [7, 11) is 1.51. The quantitative estimate of drug-likeness (QED) is 0.264. The summed E-state index contributed by atoms with van der Waals surface area (Å²) in [5, 5.41) is 16.5. The number of methoxy groups -OCH3 is 1. The predicted molar refractivity (Wildman–Crippen MR) is 136 cm³/mol. The molecule has 0 aliphatic carbocycles. The lowest BCUT2D eigenvalue weighted by atomic mass is 10.1. The number of hydrogen-bond donors (Lipinski definition) is 4. The Morgan fingerprint density at radius 1 is 1.19 bits per heavy atom. The van der Waals surface area contributed by atoms with Crippen molar-refractivity contribution in [2.24, 2.45) is 0 Å². The van der Waals surface area contributed by atoms with Gasteiger partial charge in [-0.25, -0.2) is 4.39 Å². The van der Waals surface area contributed by atoms with E-state index in [1.54, 1.807) is 19.1 Å². The van der Waals surface area contributed by atoms with Crippen molar-refractivity contribution in [2.45, 2.75) is 26.2 Å². The number of H-pyrrole nitrogens is 1. The predicted octanol–water partition coefficient (Wildman–Crippen LogP) is 3.41. The first-order chi connectivity index (χ1) is 17.4. The van der Waals surface area contributed by atoms with Gasteiger partial charge in [0.25, 0.3) is 5.56 Å². The van der Waals surface area contributed by atoms with Crippen LogP contribution in [0.1, 0.15) is 24.8 Å². The zero-order valence-corrected chi connectivity index (χ0v) is 20.4. The van der Waals surface area contributed by atoms with Crippen LogP contribution in [0.15, 0.2) is 35.1 Å². The van der Waals surface area contributed by atoms with E-state index < -0.39 is 11.4 Å². The van der Waals surface area contributed by atoms with E-state index in [2.05, 4.69) is 15.6 Å². The highest BCUT2D eigenvalue weighted by Gasteiger charge is 2.18. The van der Waals surface area contributed by atoms with Gasteiger partial charge in [-0.05, 0) is 43.5 Å². The van der Waals surface area contributed by atoms with E-state index in [0.717, 1.165) is 32.2 Å². The molecule has 0 bridgehead atoms. The van der Waals surface area contributed by atoms with Gasteiger partial charge in [0.1, 0.15) is 5.75 Å². The minimum Gasteiger partial charge on any atom is -0.508 e. The van der Waals surface area contributed by atoms with E-state index in [0.29, 0.717) is 59.5 Å². The van der Waals surface area contributed by atoms with E-state index >= 15 is 0 Å². The van der Waals surface area contributed by atoms with Crippen LogP contribution in [0.5, 0.6) is 17.2 Å². The Morgan fingerprint density at radius 3 is 2.69 bits per heavy atom. The lowest BCUT2D eigenvalue weighted by Crippen LogP contribution is -2.46. The Morgan fingerprint density at radius 2 is 1.97 bits per heavy atom. The van der Waals surface area contributed by atoms with Crippen LogP contribution >= 0.6 is 0 Å². The molecule has 3 aromatic rings. The monoisotopic (exact) mass is 498 g/mol. The number of ether oxygens (including phenoxy) is 2. The van der Waals surface area contributed by atoms with Gasteiger partial charge in [-0.2, -0.15) is 0 Å². The van der Waals surface area contributed by atoms with Crippen LogP contribution in [0.2, 0.25) is 0 Å². The molecular formula is C26H31FN4O5. The highest BCUT2D eigenvalue weighted by Crippen LogP contribution is 2.38. The zero-order valence-electron chi connectivity index (χ0n) is 20.4. The lowest BCUT2D eigenvalue weighted by molar-refractivity contribution is -0.131. The number of unbranched alkanes of at least 4 members (excludes halogenated alkanes) is 1. The molecule has 2 aromatic carbocycles. The molecule has 0 spiro atoms. The van der Waals surface area contributed by atoms with Gasteiger partial charge < -0.3 is 35.1 Å². The van der Waals surface area contributed by atoms with Crippen LogP contribution in [0.4, 0.5) is 15.8 Å². The second kappa shape index (κ2) is 11.3. The molecule has 192 valence electrons. The summed E-state index contributed by atoms with van der Waals surface area (Å²) in [5.74, 6) is 0.143. The molecule has 4 N–H and O–H groups in total. The van der Waals surface area contributed by atoms with Crippen LogP contribution in [0.25, 0.3) is 10.9 Å². The first-order valence-electron chi connectivity index (χ1n) is 12.0. The highest BCUT2D eigenvalue weighted by molar-refractivity contribution is 5.97. The Balaban J connectivity index is 1.51. The number of nitrogens with zero attached hydrogens (tertiary/aromatic N) is 1. The maximum absolute atomic E-state index is 14.5. The molecule has 1 aliphatic rings. The number of aromatic nitrogens is 1. The second-order valence-corrected chi connectivity index (χ2v) is 8.75. The summed E-state index contributed by atoms with van der Waals surface area (Å²) in [6, 6.07) is 7.25. The van der Waals surface area contributed by atoms with Gasteiger partial charge in [-0.15, -0.1) is 0 Å². The number of aromatic amines is 1. The van der Waals surface area contributed by atoms with Gasteiger partial charge in [0.05, 0.1) is 30.6 Å². The fourth-order valence-electron chi connectivity index (χ4n) is 4.33. The number of aromatic hydroxyl groups is 1. The largest absolute Gasteiger partial charge is 0.508 e. The number of carbonyl (C=O) groups is 1. The van der Waals surface area contributed by atoms with E-state index in [4.69, 9.17) is 9.47 Å². The number of piperazine rings is 1. The van der Waals surface area contributed by atoms with Crippen molar-refractivity contribution in [2.75, 3.05) is 45.2 Å². The Kier molecular flexibility index (Phi) is 7.94. The Bertz CT molecular complexity index is 1280. The van der Waals surface area contributed by atoms with Gasteiger partial charge >= 0.3 is 0 Å². The Labute approximate surface area is 208 Å². The summed E-state index contributed by atoms with van der Waals surface area (Å²) in [6.45, 7) is 5.10. The number of carbonyl (C=O) groups excluding carboxylic acids is 1. The number of amides is 1. The molecule has 4 rings (SSSR count). The van der Waals surface area contributed by atoms with Crippen LogP contribution in [-0.4, -0.2) is 60.8 Å². The molecule has 0 atom stereocenters. The first-order valence-corrected chi connectivity index (χ1v) is 12.0. The molecule has 0 unspecified atom stereocenters. The molecule has 1 aliphatic heterocycles. The van der Waals surface area contributed by atoms with Crippen molar-refractivity contribution in [3.05, 3.63) is 52.1 Å². The minimum atomic E-state index is -0.638. The lowest BCUT2D eigenvalue weighted by Gasteiger charge is -2.27. The maximum Gasteiger partial charge on any atom is 0.250 e. The number of phenolic OH excluding ortho intramolecular Hbond substituents is 1. The standard InChI is InChI=1S/C26H31FN4O5/c1-16-13-17(32)14-19(27)24(16)29-20-15-22(33)30-25-18(20)6-7-21(35-2)26(25)36-12-4-3-5-23(34)31-10-8-28-9-11-31/h6-7,13-15,28,32H,3-5,8-12H2,1-2H3,(H2,29,30,33). The first kappa shape index (κ1) is 25.3. The number of fused-ring (bicyclic) bond motifs is 1. The number of anilines is 2. The smallest absolute Gasteiger partial charge is 0.250 e. The van der Waals surface area contributed by atoms with Crippen LogP contribution in [0, 0.1) is 12.7 Å². The third kappa shape index (κ3) is 5.71. The number of phenols is 1. The van der Waals surface area contributed by atoms with Crippen molar-refractivity contribution in [3.63, 3.8) is 0 Å². The van der Waals surface area contributed by atoms with Gasteiger partial charge in [0.2, 0.25) is 5.91 Å². The topological polar surface area (TPSA) is 116 Å². The van der Waals surface area contributed by atoms with Crippen LogP contribution in [0.3, 0.4) is 0 Å². The Hall–Kier alpha value is -3.79. The molecule has 9 nitrogen and oxygen atoms in total. The minimum absolute atomic E-state index is 0.149. The molecule has 1 amide bonds. The molecule has 2 heterocycles. The number of pyridine rings is 1. The average molecular weight is 499 g/mol. The normalized spacial score (nSPS) is 13.6. The summed E-state index contributed by atoms with van der Waals surface area (Å²) < 4.78 is 26.0. The number of rotatable bonds is 9. The van der Waals surface area contributed by atoms with Crippen molar-refractivity contribution < 1.29 is 23.8 Å². The van der Waals surface area contributed by atoms with Gasteiger partial charge in [0, 0.05) is 50.1 Å². The van der Waals surface area contributed by atoms with Gasteiger partial charge in [0.15, 0.2) is 17.3 Å². The highest BCUT2D eigenvalue weighted by atomic mass is 19.1. The number of aryl methyl sites for hydroxylation is 1. The van der Waals surface area contributed by atoms with E-state index in [1.165, 1.54) is 19.2 Å². The van der Waals surface area contributed by atoms with Crippen molar-refractivity contribution in [3.8, 4) is 17.2 Å². The van der Waals surface area contributed by atoms with E-state index in [-0.39, 0.29) is 17.3 Å². The number of benzene rings is 2. The SMILES string of the molecule is COc1ccc2c(Nc3c(C)cc(O)cc3F)cc(=O)[nH]c2c1OCCCCC(=O)N1CCNCC1. The fraction of sp³-hybridized carbons (Fsp3) is 0.385. The molecule has 0 saturated carbocycles. The molecule has 1 fully saturated rings. The summed E-state index contributed by atoms with van der Waals surface area (Å²) >= 11 is 0. The number of halogens is 1. The van der Waals surface area contributed by atoms with Gasteiger partial charge in [-0.1, -0.05) is 0 Å². The van der Waals surface area contributed by atoms with Gasteiger partial charge in [-0.3, -0.25) is 9.59 Å². The molecule has 10 heteroatoms. The summed E-state index contributed by atoms with van der Waals surface area (Å²) in [6.07, 6.45) is 1.79. The number of hydrogen-bond acceptors (Lipinski definition) is 7. The molecule has 1 aromatic heterocycles. The molecule has 0 radical (unpaired) electrons. The average Bonchev–Trinajstić information content (AvgIpc) is 2.86.